The molecule has 25 heavy (non-hydrogen) atoms. The number of carbonyl (C=O) groups excluding carboxylic acids is 1. The largest absolute Gasteiger partial charge is 0.494 e. The molecule has 128 valence electrons. The fraction of sp³-hybridized carbons (Fsp3) is 0.158. The van der Waals surface area contributed by atoms with Crippen LogP contribution in [0.15, 0.2) is 57.7 Å². The maximum atomic E-state index is 12.5. The third-order valence-corrected chi connectivity index (χ3v) is 3.85. The summed E-state index contributed by atoms with van der Waals surface area (Å²) in [5.74, 6) is 0.219. The Morgan fingerprint density at radius 2 is 2.04 bits per heavy atom. The lowest BCUT2D eigenvalue weighted by atomic mass is 10.1. The Bertz CT molecular complexity index is 981. The van der Waals surface area contributed by atoms with Crippen molar-refractivity contribution >= 4 is 28.5 Å². The van der Waals surface area contributed by atoms with Crippen molar-refractivity contribution in [2.75, 3.05) is 6.61 Å². The molecule has 3 rings (SSSR count). The van der Waals surface area contributed by atoms with E-state index in [1.807, 2.05) is 19.1 Å². The van der Waals surface area contributed by atoms with Gasteiger partial charge in [0.25, 0.3) is 5.91 Å². The average molecular weight is 358 g/mol. The van der Waals surface area contributed by atoms with Gasteiger partial charge in [-0.1, -0.05) is 23.7 Å². The van der Waals surface area contributed by atoms with Crippen LogP contribution in [0, 0.1) is 0 Å². The Kier molecular flexibility index (Phi) is 5.05. The maximum absolute atomic E-state index is 12.5. The highest BCUT2D eigenvalue weighted by Gasteiger charge is 2.14. The molecule has 2 aromatic carbocycles. The van der Waals surface area contributed by atoms with E-state index in [0.717, 1.165) is 5.56 Å². The van der Waals surface area contributed by atoms with Crippen LogP contribution >= 0.6 is 11.6 Å². The van der Waals surface area contributed by atoms with Crippen LogP contribution < -0.4 is 15.7 Å². The summed E-state index contributed by atoms with van der Waals surface area (Å²) in [5, 5.41) is 3.94. The second-order valence-corrected chi connectivity index (χ2v) is 5.82. The number of rotatable bonds is 5. The minimum absolute atomic E-state index is 0.260. The lowest BCUT2D eigenvalue weighted by Gasteiger charge is -2.09. The third-order valence-electron chi connectivity index (χ3n) is 3.61. The van der Waals surface area contributed by atoms with Crippen molar-refractivity contribution in [2.24, 2.45) is 0 Å². The highest BCUT2D eigenvalue weighted by Crippen LogP contribution is 2.23. The van der Waals surface area contributed by atoms with Crippen molar-refractivity contribution in [3.05, 3.63) is 75.1 Å². The molecule has 1 aromatic heterocycles. The molecule has 0 aliphatic rings. The molecule has 0 radical (unpaired) electrons. The molecule has 1 heterocycles. The van der Waals surface area contributed by atoms with E-state index in [1.165, 1.54) is 6.07 Å². The quantitative estimate of drug-likeness (QED) is 0.706. The monoisotopic (exact) mass is 357 g/mol. The van der Waals surface area contributed by atoms with Crippen molar-refractivity contribution in [1.82, 2.24) is 5.32 Å². The predicted molar refractivity (Wildman–Crippen MR) is 96.3 cm³/mol. The number of benzene rings is 2. The van der Waals surface area contributed by atoms with Crippen molar-refractivity contribution in [2.45, 2.75) is 13.5 Å². The van der Waals surface area contributed by atoms with Gasteiger partial charge >= 0.3 is 5.63 Å². The van der Waals surface area contributed by atoms with E-state index in [9.17, 15) is 9.59 Å². The molecule has 0 atom stereocenters. The smallest absolute Gasteiger partial charge is 0.337 e. The minimum Gasteiger partial charge on any atom is -0.494 e. The van der Waals surface area contributed by atoms with Crippen LogP contribution in [-0.2, 0) is 6.54 Å². The zero-order valence-corrected chi connectivity index (χ0v) is 14.3. The predicted octanol–water partition coefficient (Wildman–Crippen LogP) is 3.78. The summed E-state index contributed by atoms with van der Waals surface area (Å²) in [6.07, 6.45) is 0. The standard InChI is InChI=1S/C19H16ClNO4/c1-2-24-14-6-7-15-16(10-18(22)25-17(15)9-14)19(23)21-11-12-4-3-5-13(20)8-12/h3-10H,2,11H2,1H3,(H,21,23). The van der Waals surface area contributed by atoms with E-state index < -0.39 is 5.63 Å². The zero-order chi connectivity index (χ0) is 17.8. The Morgan fingerprint density at radius 1 is 1.20 bits per heavy atom. The number of nitrogens with one attached hydrogen (secondary N) is 1. The molecule has 0 bridgehead atoms. The van der Waals surface area contributed by atoms with Crippen molar-refractivity contribution in [1.29, 1.82) is 0 Å². The van der Waals surface area contributed by atoms with Crippen molar-refractivity contribution < 1.29 is 13.9 Å². The third kappa shape index (κ3) is 4.00. The van der Waals surface area contributed by atoms with E-state index in [1.54, 1.807) is 30.3 Å². The van der Waals surface area contributed by atoms with E-state index in [-0.39, 0.29) is 11.5 Å². The number of halogens is 1. The van der Waals surface area contributed by atoms with Crippen molar-refractivity contribution in [3.8, 4) is 5.75 Å². The molecule has 0 saturated carbocycles. The second-order valence-electron chi connectivity index (χ2n) is 5.38. The topological polar surface area (TPSA) is 68.5 Å². The van der Waals surface area contributed by atoms with Crippen LogP contribution in [0.25, 0.3) is 11.0 Å². The molecule has 6 heteroatoms. The van der Waals surface area contributed by atoms with E-state index >= 15 is 0 Å². The molecule has 0 saturated heterocycles. The number of hydrogen-bond acceptors (Lipinski definition) is 4. The van der Waals surface area contributed by atoms with Crippen LogP contribution in [-0.4, -0.2) is 12.5 Å². The molecule has 0 aliphatic carbocycles. The molecule has 5 nitrogen and oxygen atoms in total. The highest BCUT2D eigenvalue weighted by atomic mass is 35.5. The van der Waals surface area contributed by atoms with E-state index in [2.05, 4.69) is 5.32 Å². The van der Waals surface area contributed by atoms with Crippen LogP contribution in [0.4, 0.5) is 0 Å². The number of ether oxygens (including phenoxy) is 1. The summed E-state index contributed by atoms with van der Waals surface area (Å²) in [6.45, 7) is 2.66. The molecule has 0 unspecified atom stereocenters. The molecular formula is C19H16ClNO4. The number of hydrogen-bond donors (Lipinski definition) is 1. The first-order chi connectivity index (χ1) is 12.1. The number of amides is 1. The van der Waals surface area contributed by atoms with Crippen molar-refractivity contribution in [3.63, 3.8) is 0 Å². The van der Waals surface area contributed by atoms with Crippen LogP contribution in [0.1, 0.15) is 22.8 Å². The minimum atomic E-state index is -0.589. The fourth-order valence-electron chi connectivity index (χ4n) is 2.51. The summed E-state index contributed by atoms with van der Waals surface area (Å²) in [6, 6.07) is 13.4. The molecule has 3 aromatic rings. The fourth-order valence-corrected chi connectivity index (χ4v) is 2.72. The van der Waals surface area contributed by atoms with Crippen LogP contribution in [0.5, 0.6) is 5.75 Å². The van der Waals surface area contributed by atoms with Gasteiger partial charge in [-0.25, -0.2) is 4.79 Å². The van der Waals surface area contributed by atoms with Crippen LogP contribution in [0.2, 0.25) is 5.02 Å². The van der Waals surface area contributed by atoms with Gasteiger partial charge in [0.2, 0.25) is 0 Å². The maximum Gasteiger partial charge on any atom is 0.337 e. The first kappa shape index (κ1) is 17.0. The summed E-state index contributed by atoms with van der Waals surface area (Å²) in [7, 11) is 0. The first-order valence-corrected chi connectivity index (χ1v) is 8.18. The summed E-state index contributed by atoms with van der Waals surface area (Å²) in [5.41, 5.74) is 0.850. The van der Waals surface area contributed by atoms with Gasteiger partial charge in [0.05, 0.1) is 12.2 Å². The first-order valence-electron chi connectivity index (χ1n) is 7.80. The Morgan fingerprint density at radius 3 is 2.80 bits per heavy atom. The average Bonchev–Trinajstić information content (AvgIpc) is 2.59. The Labute approximate surface area is 149 Å². The van der Waals surface area contributed by atoms with Gasteiger partial charge in [0.1, 0.15) is 11.3 Å². The van der Waals surface area contributed by atoms with Gasteiger partial charge in [-0.3, -0.25) is 4.79 Å². The van der Waals surface area contributed by atoms with Gasteiger partial charge in [-0.2, -0.15) is 0 Å². The molecule has 0 aliphatic heterocycles. The lowest BCUT2D eigenvalue weighted by molar-refractivity contribution is 0.0952. The summed E-state index contributed by atoms with van der Waals surface area (Å²) < 4.78 is 10.6. The Hall–Kier alpha value is -2.79. The van der Waals surface area contributed by atoms with Gasteiger partial charge in [-0.05, 0) is 36.8 Å². The van der Waals surface area contributed by atoms with Gasteiger partial charge in [0, 0.05) is 29.1 Å². The highest BCUT2D eigenvalue weighted by molar-refractivity contribution is 6.30. The molecular weight excluding hydrogens is 342 g/mol. The lowest BCUT2D eigenvalue weighted by Crippen LogP contribution is -2.24. The van der Waals surface area contributed by atoms with Gasteiger partial charge in [0.15, 0.2) is 0 Å². The molecule has 1 amide bonds. The zero-order valence-electron chi connectivity index (χ0n) is 13.5. The second kappa shape index (κ2) is 7.40. The summed E-state index contributed by atoms with van der Waals surface area (Å²) in [4.78, 5) is 24.3. The molecule has 0 fully saturated rings. The normalized spacial score (nSPS) is 10.6. The van der Waals surface area contributed by atoms with E-state index in [4.69, 9.17) is 20.8 Å². The van der Waals surface area contributed by atoms with E-state index in [0.29, 0.717) is 34.9 Å². The number of carbonyl (C=O) groups is 1. The van der Waals surface area contributed by atoms with Gasteiger partial charge < -0.3 is 14.5 Å². The molecule has 0 spiro atoms. The van der Waals surface area contributed by atoms with Crippen LogP contribution in [0.3, 0.4) is 0 Å². The summed E-state index contributed by atoms with van der Waals surface area (Å²) >= 11 is 5.94. The number of fused-ring (bicyclic) bond motifs is 1. The SMILES string of the molecule is CCOc1ccc2c(C(=O)NCc3cccc(Cl)c3)cc(=O)oc2c1. The van der Waals surface area contributed by atoms with Gasteiger partial charge in [-0.15, -0.1) is 0 Å². The molecule has 1 N–H and O–H groups in total. The Balaban J connectivity index is 1.88.